The molecule has 0 aliphatic carbocycles. The molecule has 0 aliphatic rings. The third-order valence-corrected chi connectivity index (χ3v) is 3.41. The normalized spacial score (nSPS) is 10.8. The van der Waals surface area contributed by atoms with Gasteiger partial charge >= 0.3 is 0 Å². The van der Waals surface area contributed by atoms with Crippen LogP contribution in [0.25, 0.3) is 22.0 Å². The zero-order valence-corrected chi connectivity index (χ0v) is 9.87. The topological polar surface area (TPSA) is 64.9 Å². The zero-order chi connectivity index (χ0) is 11.8. The second-order valence-corrected chi connectivity index (χ2v) is 4.89. The molecule has 0 saturated heterocycles. The molecule has 3 aromatic rings. The molecule has 0 saturated carbocycles. The van der Waals surface area contributed by atoms with E-state index < -0.39 is 0 Å². The zero-order valence-electron chi connectivity index (χ0n) is 9.05. The van der Waals surface area contributed by atoms with E-state index in [0.717, 1.165) is 11.3 Å². The fraction of sp³-hybridized carbons (Fsp3) is 0. The highest BCUT2D eigenvalue weighted by Crippen LogP contribution is 2.33. The maximum atomic E-state index is 5.89. The number of nitrogen functional groups attached to an aromatic ring is 2. The van der Waals surface area contributed by atoms with E-state index in [2.05, 4.69) is 29.2 Å². The Kier molecular flexibility index (Phi) is 2.23. The molecule has 84 valence electrons. The Balaban J connectivity index is 2.21. The van der Waals surface area contributed by atoms with E-state index in [-0.39, 0.29) is 0 Å². The predicted molar refractivity (Wildman–Crippen MR) is 73.9 cm³/mol. The maximum Gasteiger partial charge on any atom is 0.182 e. The average molecular weight is 241 g/mol. The molecular weight excluding hydrogens is 230 g/mol. The van der Waals surface area contributed by atoms with Crippen molar-refractivity contribution in [2.24, 2.45) is 0 Å². The lowest BCUT2D eigenvalue weighted by Crippen LogP contribution is -1.86. The molecule has 0 amide bonds. The van der Waals surface area contributed by atoms with E-state index in [1.165, 1.54) is 22.1 Å². The Morgan fingerprint density at radius 2 is 1.71 bits per heavy atom. The molecule has 17 heavy (non-hydrogen) atoms. The summed E-state index contributed by atoms with van der Waals surface area (Å²) in [7, 11) is 0. The number of nitrogens with zero attached hydrogens (tertiary/aromatic N) is 1. The van der Waals surface area contributed by atoms with Crippen molar-refractivity contribution < 1.29 is 0 Å². The van der Waals surface area contributed by atoms with Crippen molar-refractivity contribution >= 4 is 32.2 Å². The molecule has 1 heterocycles. The Morgan fingerprint density at radius 1 is 0.941 bits per heavy atom. The van der Waals surface area contributed by atoms with Crippen LogP contribution in [0.1, 0.15) is 0 Å². The maximum absolute atomic E-state index is 5.89. The van der Waals surface area contributed by atoms with Gasteiger partial charge in [0, 0.05) is 5.56 Å². The predicted octanol–water partition coefficient (Wildman–Crippen LogP) is 3.13. The summed E-state index contributed by atoms with van der Waals surface area (Å²) < 4.78 is 0. The van der Waals surface area contributed by atoms with Gasteiger partial charge in [0.1, 0.15) is 10.7 Å². The van der Waals surface area contributed by atoms with Crippen LogP contribution >= 0.6 is 11.3 Å². The van der Waals surface area contributed by atoms with Crippen LogP contribution in [-0.2, 0) is 0 Å². The minimum absolute atomic E-state index is 0.505. The first-order valence-corrected chi connectivity index (χ1v) is 6.06. The van der Waals surface area contributed by atoms with Crippen LogP contribution in [0.15, 0.2) is 42.5 Å². The summed E-state index contributed by atoms with van der Waals surface area (Å²) in [5.41, 5.74) is 13.3. The van der Waals surface area contributed by atoms with Crippen LogP contribution in [0, 0.1) is 0 Å². The molecule has 3 nitrogen and oxygen atoms in total. The lowest BCUT2D eigenvalue weighted by atomic mass is 10.1. The summed E-state index contributed by atoms with van der Waals surface area (Å²) in [6.07, 6.45) is 0. The molecule has 0 atom stereocenters. The first kappa shape index (κ1) is 10.1. The first-order valence-electron chi connectivity index (χ1n) is 5.25. The summed E-state index contributed by atoms with van der Waals surface area (Å²) in [6.45, 7) is 0. The minimum Gasteiger partial charge on any atom is -0.389 e. The van der Waals surface area contributed by atoms with E-state index in [9.17, 15) is 0 Å². The van der Waals surface area contributed by atoms with Gasteiger partial charge in [0.2, 0.25) is 0 Å². The molecule has 0 spiro atoms. The van der Waals surface area contributed by atoms with Crippen molar-refractivity contribution in [2.75, 3.05) is 11.5 Å². The van der Waals surface area contributed by atoms with Gasteiger partial charge in [-0.2, -0.15) is 0 Å². The van der Waals surface area contributed by atoms with Crippen LogP contribution in [0.3, 0.4) is 0 Å². The van der Waals surface area contributed by atoms with Gasteiger partial charge in [-0.1, -0.05) is 47.7 Å². The molecule has 0 fully saturated rings. The third kappa shape index (κ3) is 1.72. The average Bonchev–Trinajstić information content (AvgIpc) is 2.68. The van der Waals surface area contributed by atoms with Gasteiger partial charge in [-0.25, -0.2) is 4.98 Å². The SMILES string of the molecule is Nc1nc(-c2ccc3ccccc3c2)c(N)s1. The molecule has 0 radical (unpaired) electrons. The van der Waals surface area contributed by atoms with Crippen molar-refractivity contribution in [2.45, 2.75) is 0 Å². The summed E-state index contributed by atoms with van der Waals surface area (Å²) in [5, 5.41) is 3.55. The van der Waals surface area contributed by atoms with E-state index in [1.54, 1.807) is 0 Å². The second-order valence-electron chi connectivity index (χ2n) is 3.83. The monoisotopic (exact) mass is 241 g/mol. The van der Waals surface area contributed by atoms with Gasteiger partial charge in [0.15, 0.2) is 5.13 Å². The molecular formula is C13H11N3S. The second kappa shape index (κ2) is 3.75. The van der Waals surface area contributed by atoms with Gasteiger partial charge in [0.05, 0.1) is 0 Å². The number of aromatic nitrogens is 1. The molecule has 0 unspecified atom stereocenters. The van der Waals surface area contributed by atoms with Crippen LogP contribution in [0.4, 0.5) is 10.1 Å². The summed E-state index contributed by atoms with van der Waals surface area (Å²) in [4.78, 5) is 4.26. The number of nitrogens with two attached hydrogens (primary N) is 2. The molecule has 4 heteroatoms. The minimum atomic E-state index is 0.505. The number of anilines is 2. The van der Waals surface area contributed by atoms with Crippen LogP contribution in [-0.4, -0.2) is 4.98 Å². The van der Waals surface area contributed by atoms with Crippen molar-refractivity contribution in [3.8, 4) is 11.3 Å². The van der Waals surface area contributed by atoms with Crippen LogP contribution in [0.5, 0.6) is 0 Å². The van der Waals surface area contributed by atoms with Gasteiger partial charge < -0.3 is 11.5 Å². The Bertz CT molecular complexity index is 688. The van der Waals surface area contributed by atoms with E-state index in [0.29, 0.717) is 10.1 Å². The molecule has 3 rings (SSSR count). The molecule has 4 N–H and O–H groups in total. The number of fused-ring (bicyclic) bond motifs is 1. The number of hydrogen-bond donors (Lipinski definition) is 2. The summed E-state index contributed by atoms with van der Waals surface area (Å²) in [5.74, 6) is 0. The molecule has 2 aromatic carbocycles. The van der Waals surface area contributed by atoms with Gasteiger partial charge in [-0.05, 0) is 16.8 Å². The van der Waals surface area contributed by atoms with Gasteiger partial charge in [-0.15, -0.1) is 0 Å². The summed E-state index contributed by atoms with van der Waals surface area (Å²) in [6, 6.07) is 14.4. The largest absolute Gasteiger partial charge is 0.389 e. The molecule has 0 bridgehead atoms. The van der Waals surface area contributed by atoms with Crippen molar-refractivity contribution in [1.82, 2.24) is 4.98 Å². The van der Waals surface area contributed by atoms with E-state index in [1.807, 2.05) is 18.2 Å². The smallest absolute Gasteiger partial charge is 0.182 e. The third-order valence-electron chi connectivity index (χ3n) is 2.69. The Morgan fingerprint density at radius 3 is 2.41 bits per heavy atom. The number of benzene rings is 2. The number of thiazole rings is 1. The number of hydrogen-bond acceptors (Lipinski definition) is 4. The highest BCUT2D eigenvalue weighted by Gasteiger charge is 2.09. The standard InChI is InChI=1S/C13H11N3S/c14-12-11(16-13(15)17-12)10-6-5-8-3-1-2-4-9(8)7-10/h1-7H,14H2,(H2,15,16). The fourth-order valence-electron chi connectivity index (χ4n) is 1.89. The lowest BCUT2D eigenvalue weighted by Gasteiger charge is -2.01. The number of rotatable bonds is 1. The molecule has 1 aromatic heterocycles. The highest BCUT2D eigenvalue weighted by atomic mass is 32.1. The Labute approximate surface area is 103 Å². The fourth-order valence-corrected chi connectivity index (χ4v) is 2.51. The van der Waals surface area contributed by atoms with Crippen molar-refractivity contribution in [1.29, 1.82) is 0 Å². The van der Waals surface area contributed by atoms with E-state index in [4.69, 9.17) is 11.5 Å². The molecule has 0 aliphatic heterocycles. The van der Waals surface area contributed by atoms with Crippen LogP contribution < -0.4 is 11.5 Å². The van der Waals surface area contributed by atoms with Gasteiger partial charge in [0.25, 0.3) is 0 Å². The first-order chi connectivity index (χ1) is 8.24. The van der Waals surface area contributed by atoms with E-state index >= 15 is 0 Å². The summed E-state index contributed by atoms with van der Waals surface area (Å²) >= 11 is 1.31. The highest BCUT2D eigenvalue weighted by molar-refractivity contribution is 7.19. The van der Waals surface area contributed by atoms with Crippen molar-refractivity contribution in [3.05, 3.63) is 42.5 Å². The lowest BCUT2D eigenvalue weighted by molar-refractivity contribution is 1.42. The van der Waals surface area contributed by atoms with Crippen molar-refractivity contribution in [3.63, 3.8) is 0 Å². The Hall–Kier alpha value is -2.07. The van der Waals surface area contributed by atoms with Crippen LogP contribution in [0.2, 0.25) is 0 Å². The quantitative estimate of drug-likeness (QED) is 0.688. The van der Waals surface area contributed by atoms with Gasteiger partial charge in [-0.3, -0.25) is 0 Å².